The van der Waals surface area contributed by atoms with Gasteiger partial charge < -0.3 is 20.4 Å². The van der Waals surface area contributed by atoms with Gasteiger partial charge in [-0.15, -0.1) is 0 Å². The molecule has 0 heterocycles. The van der Waals surface area contributed by atoms with Crippen LogP contribution in [0.3, 0.4) is 0 Å². The maximum Gasteiger partial charge on any atom is 0.303 e. The molecule has 0 aliphatic heterocycles. The van der Waals surface area contributed by atoms with Crippen molar-refractivity contribution in [2.75, 3.05) is 13.2 Å². The molecule has 2 atom stereocenters. The Morgan fingerprint density at radius 3 is 1.00 bits per heavy atom. The van der Waals surface area contributed by atoms with Crippen LogP contribution in [0.5, 0.6) is 0 Å². The van der Waals surface area contributed by atoms with Gasteiger partial charge in [-0.2, -0.15) is 0 Å². The molecule has 4 N–H and O–H groups in total. The predicted molar refractivity (Wildman–Crippen MR) is 95.9 cm³/mol. The molecule has 0 radical (unpaired) electrons. The van der Waals surface area contributed by atoms with E-state index < -0.39 is 11.9 Å². The highest BCUT2D eigenvalue weighted by atomic mass is 16.4. The SMILES string of the molecule is CC(C)C(CO)C(CO)C(C)C.CCCC(=O)O.CCCC(=O)O. The van der Waals surface area contributed by atoms with E-state index in [1.54, 1.807) is 0 Å². The zero-order valence-corrected chi connectivity index (χ0v) is 16.2. The smallest absolute Gasteiger partial charge is 0.303 e. The molecule has 0 aromatic heterocycles. The summed E-state index contributed by atoms with van der Waals surface area (Å²) in [5, 5.41) is 34.1. The van der Waals surface area contributed by atoms with Gasteiger partial charge in [0.2, 0.25) is 0 Å². The van der Waals surface area contributed by atoms with Crippen molar-refractivity contribution in [1.29, 1.82) is 0 Å². The third kappa shape index (κ3) is 18.9. The lowest BCUT2D eigenvalue weighted by molar-refractivity contribution is -0.138. The van der Waals surface area contributed by atoms with Gasteiger partial charge in [0.05, 0.1) is 0 Å². The van der Waals surface area contributed by atoms with Crippen molar-refractivity contribution in [2.24, 2.45) is 23.7 Å². The summed E-state index contributed by atoms with van der Waals surface area (Å²) in [4.78, 5) is 19.2. The van der Waals surface area contributed by atoms with E-state index in [9.17, 15) is 9.59 Å². The molecule has 0 fully saturated rings. The molecule has 0 spiro atoms. The molecule has 0 saturated heterocycles. The molecule has 24 heavy (non-hydrogen) atoms. The number of rotatable bonds is 9. The Bertz CT molecular complexity index is 272. The molecular formula is C18H38O6. The van der Waals surface area contributed by atoms with E-state index in [1.165, 1.54) is 0 Å². The van der Waals surface area contributed by atoms with E-state index in [0.29, 0.717) is 24.7 Å². The van der Waals surface area contributed by atoms with Gasteiger partial charge in [0.1, 0.15) is 0 Å². The fourth-order valence-electron chi connectivity index (χ4n) is 2.11. The Labute approximate surface area is 146 Å². The van der Waals surface area contributed by atoms with Crippen LogP contribution >= 0.6 is 0 Å². The van der Waals surface area contributed by atoms with Crippen molar-refractivity contribution in [3.63, 3.8) is 0 Å². The summed E-state index contributed by atoms with van der Waals surface area (Å²) in [6.07, 6.45) is 2.05. The Kier molecular flexibility index (Phi) is 21.0. The maximum atomic E-state index is 9.60. The van der Waals surface area contributed by atoms with Crippen LogP contribution in [0.4, 0.5) is 0 Å². The van der Waals surface area contributed by atoms with Crippen molar-refractivity contribution in [2.45, 2.75) is 67.2 Å². The molecule has 0 amide bonds. The fourth-order valence-corrected chi connectivity index (χ4v) is 2.11. The van der Waals surface area contributed by atoms with Crippen LogP contribution < -0.4 is 0 Å². The summed E-state index contributed by atoms with van der Waals surface area (Å²) in [7, 11) is 0. The minimum Gasteiger partial charge on any atom is -0.481 e. The normalized spacial score (nSPS) is 12.6. The first-order valence-electron chi connectivity index (χ1n) is 8.74. The second-order valence-corrected chi connectivity index (χ2v) is 6.47. The zero-order chi connectivity index (χ0) is 19.7. The Morgan fingerprint density at radius 2 is 0.958 bits per heavy atom. The second kappa shape index (κ2) is 18.2. The highest BCUT2D eigenvalue weighted by molar-refractivity contribution is 5.66. The van der Waals surface area contributed by atoms with Gasteiger partial charge in [-0.05, 0) is 36.5 Å². The number of hydrogen-bond donors (Lipinski definition) is 4. The van der Waals surface area contributed by atoms with Crippen LogP contribution in [0.15, 0.2) is 0 Å². The van der Waals surface area contributed by atoms with E-state index in [-0.39, 0.29) is 25.0 Å². The van der Waals surface area contributed by atoms with Crippen molar-refractivity contribution in [3.05, 3.63) is 0 Å². The number of carbonyl (C=O) groups is 2. The lowest BCUT2D eigenvalue weighted by Gasteiger charge is -2.30. The topological polar surface area (TPSA) is 115 Å². The van der Waals surface area contributed by atoms with E-state index in [0.717, 1.165) is 12.8 Å². The van der Waals surface area contributed by atoms with Crippen LogP contribution in [0.2, 0.25) is 0 Å². The summed E-state index contributed by atoms with van der Waals surface area (Å²) >= 11 is 0. The minimum atomic E-state index is -0.711. The summed E-state index contributed by atoms with van der Waals surface area (Å²) in [6.45, 7) is 12.4. The number of hydrogen-bond acceptors (Lipinski definition) is 4. The largest absolute Gasteiger partial charge is 0.481 e. The van der Waals surface area contributed by atoms with Crippen LogP contribution in [-0.2, 0) is 9.59 Å². The van der Waals surface area contributed by atoms with Gasteiger partial charge in [0, 0.05) is 26.1 Å². The third-order valence-electron chi connectivity index (χ3n) is 3.61. The molecule has 0 bridgehead atoms. The van der Waals surface area contributed by atoms with E-state index in [4.69, 9.17) is 20.4 Å². The molecule has 6 nitrogen and oxygen atoms in total. The lowest BCUT2D eigenvalue weighted by atomic mass is 9.78. The number of aliphatic hydroxyl groups is 2. The maximum absolute atomic E-state index is 9.60. The van der Waals surface area contributed by atoms with Gasteiger partial charge in [-0.25, -0.2) is 0 Å². The molecular weight excluding hydrogens is 312 g/mol. The molecule has 6 heteroatoms. The minimum absolute atomic E-state index is 0.182. The zero-order valence-electron chi connectivity index (χ0n) is 16.2. The molecule has 0 aliphatic rings. The number of carboxylic acids is 2. The first-order chi connectivity index (χ1) is 11.1. The highest BCUT2D eigenvalue weighted by Crippen LogP contribution is 2.26. The Morgan fingerprint density at radius 1 is 0.708 bits per heavy atom. The van der Waals surface area contributed by atoms with Gasteiger partial charge >= 0.3 is 11.9 Å². The van der Waals surface area contributed by atoms with E-state index in [2.05, 4.69) is 27.7 Å². The second-order valence-electron chi connectivity index (χ2n) is 6.47. The average Bonchev–Trinajstić information content (AvgIpc) is 2.44. The number of aliphatic carboxylic acids is 2. The highest BCUT2D eigenvalue weighted by Gasteiger charge is 2.25. The lowest BCUT2D eigenvalue weighted by Crippen LogP contribution is -2.30. The van der Waals surface area contributed by atoms with Crippen molar-refractivity contribution >= 4 is 11.9 Å². The van der Waals surface area contributed by atoms with Crippen LogP contribution in [0.1, 0.15) is 67.2 Å². The first-order valence-corrected chi connectivity index (χ1v) is 8.74. The third-order valence-corrected chi connectivity index (χ3v) is 3.61. The Balaban J connectivity index is -0.000000309. The van der Waals surface area contributed by atoms with Gasteiger partial charge in [-0.1, -0.05) is 41.5 Å². The van der Waals surface area contributed by atoms with Gasteiger partial charge in [0.25, 0.3) is 0 Å². The van der Waals surface area contributed by atoms with E-state index >= 15 is 0 Å². The Hall–Kier alpha value is -1.14. The molecule has 0 saturated carbocycles. The predicted octanol–water partition coefficient (Wildman–Crippen LogP) is 3.26. The quantitative estimate of drug-likeness (QED) is 0.507. The fraction of sp³-hybridized carbons (Fsp3) is 0.889. The van der Waals surface area contributed by atoms with Crippen LogP contribution in [0.25, 0.3) is 0 Å². The summed E-state index contributed by atoms with van der Waals surface area (Å²) < 4.78 is 0. The molecule has 0 aromatic rings. The van der Waals surface area contributed by atoms with Crippen LogP contribution in [-0.4, -0.2) is 45.6 Å². The van der Waals surface area contributed by atoms with Crippen molar-refractivity contribution in [1.82, 2.24) is 0 Å². The number of aliphatic hydroxyl groups excluding tert-OH is 2. The summed E-state index contributed by atoms with van der Waals surface area (Å²) in [5.74, 6) is -0.0795. The van der Waals surface area contributed by atoms with Crippen molar-refractivity contribution in [3.8, 4) is 0 Å². The molecule has 0 aliphatic carbocycles. The van der Waals surface area contributed by atoms with Gasteiger partial charge in [-0.3, -0.25) is 9.59 Å². The summed E-state index contributed by atoms with van der Waals surface area (Å²) in [5.41, 5.74) is 0. The number of carboxylic acid groups (broad SMARTS) is 2. The standard InChI is InChI=1S/C10H22O2.2C4H8O2/c1-7(2)9(5-11)10(6-12)8(3)4;2*1-2-3-4(5)6/h7-12H,5-6H2,1-4H3;2*2-3H2,1H3,(H,5,6). The summed E-state index contributed by atoms with van der Waals surface area (Å²) in [6, 6.07) is 0. The van der Waals surface area contributed by atoms with Gasteiger partial charge in [0.15, 0.2) is 0 Å². The average molecular weight is 350 g/mol. The molecule has 0 aromatic carbocycles. The molecule has 2 unspecified atom stereocenters. The monoisotopic (exact) mass is 350 g/mol. The van der Waals surface area contributed by atoms with Crippen LogP contribution in [0, 0.1) is 23.7 Å². The van der Waals surface area contributed by atoms with E-state index in [1.807, 2.05) is 13.8 Å². The molecule has 0 rings (SSSR count). The molecule has 146 valence electrons. The first kappa shape index (κ1) is 27.7. The van der Waals surface area contributed by atoms with Crippen molar-refractivity contribution < 1.29 is 30.0 Å².